The van der Waals surface area contributed by atoms with Crippen LogP contribution in [0.25, 0.3) is 0 Å². The molecule has 1 saturated heterocycles. The molecule has 1 aliphatic heterocycles. The minimum Gasteiger partial charge on any atom is -0.328 e. The van der Waals surface area contributed by atoms with Gasteiger partial charge in [0.1, 0.15) is 0 Å². The average molecular weight is 227 g/mol. The van der Waals surface area contributed by atoms with Gasteiger partial charge in [-0.05, 0) is 39.3 Å². The number of nitrogens with two attached hydrogens (primary N) is 1. The normalized spacial score (nSPS) is 21.2. The number of piperidine rings is 1. The molecule has 3 N–H and O–H groups in total. The van der Waals surface area contributed by atoms with Gasteiger partial charge in [0.25, 0.3) is 0 Å². The molecule has 1 atom stereocenters. The van der Waals surface area contributed by atoms with Crippen LogP contribution in [0.15, 0.2) is 0 Å². The van der Waals surface area contributed by atoms with E-state index in [1.54, 1.807) is 0 Å². The molecule has 0 saturated carbocycles. The molecule has 0 bridgehead atoms. The highest BCUT2D eigenvalue weighted by Crippen LogP contribution is 2.07. The molecule has 0 radical (unpaired) electrons. The van der Waals surface area contributed by atoms with Gasteiger partial charge in [-0.25, -0.2) is 0 Å². The zero-order valence-electron chi connectivity index (χ0n) is 11.0. The van der Waals surface area contributed by atoms with Crippen molar-refractivity contribution in [2.75, 3.05) is 26.2 Å². The summed E-state index contributed by atoms with van der Waals surface area (Å²) in [5.41, 5.74) is 5.89. The number of nitrogens with one attached hydrogen (secondary N) is 1. The van der Waals surface area contributed by atoms with Crippen molar-refractivity contribution in [2.24, 2.45) is 5.73 Å². The Morgan fingerprint density at radius 3 is 2.69 bits per heavy atom. The maximum absolute atomic E-state index is 5.89. The van der Waals surface area contributed by atoms with Crippen molar-refractivity contribution in [3.63, 3.8) is 0 Å². The molecule has 16 heavy (non-hydrogen) atoms. The van der Waals surface area contributed by atoms with Crippen molar-refractivity contribution >= 4 is 0 Å². The summed E-state index contributed by atoms with van der Waals surface area (Å²) in [6.45, 7) is 9.23. The van der Waals surface area contributed by atoms with Crippen molar-refractivity contribution in [3.8, 4) is 0 Å². The van der Waals surface area contributed by atoms with Crippen molar-refractivity contribution in [1.82, 2.24) is 10.2 Å². The summed E-state index contributed by atoms with van der Waals surface area (Å²) in [5.74, 6) is 0. The molecule has 1 rings (SSSR count). The molecule has 1 fully saturated rings. The van der Waals surface area contributed by atoms with Crippen LogP contribution in [0, 0.1) is 0 Å². The lowest BCUT2D eigenvalue weighted by atomic mass is 10.1. The van der Waals surface area contributed by atoms with Gasteiger partial charge in [0, 0.05) is 25.2 Å². The van der Waals surface area contributed by atoms with Crippen LogP contribution in [0.2, 0.25) is 0 Å². The van der Waals surface area contributed by atoms with Crippen molar-refractivity contribution in [2.45, 2.75) is 58.0 Å². The minimum atomic E-state index is 0.452. The third kappa shape index (κ3) is 5.83. The lowest BCUT2D eigenvalue weighted by Crippen LogP contribution is -2.43. The van der Waals surface area contributed by atoms with Gasteiger partial charge < -0.3 is 16.0 Å². The molecule has 1 aliphatic rings. The first-order valence-electron chi connectivity index (χ1n) is 6.93. The maximum atomic E-state index is 5.89. The fraction of sp³-hybridized carbons (Fsp3) is 1.00. The van der Waals surface area contributed by atoms with E-state index >= 15 is 0 Å². The van der Waals surface area contributed by atoms with E-state index in [1.165, 1.54) is 51.7 Å². The van der Waals surface area contributed by atoms with Crippen LogP contribution in [0.5, 0.6) is 0 Å². The van der Waals surface area contributed by atoms with Crippen LogP contribution < -0.4 is 11.1 Å². The molecule has 3 nitrogen and oxygen atoms in total. The van der Waals surface area contributed by atoms with E-state index in [1.807, 2.05) is 0 Å². The second kappa shape index (κ2) is 8.04. The van der Waals surface area contributed by atoms with Crippen LogP contribution in [-0.4, -0.2) is 43.2 Å². The lowest BCUT2D eigenvalue weighted by Gasteiger charge is -2.30. The van der Waals surface area contributed by atoms with Crippen LogP contribution in [0.1, 0.15) is 46.0 Å². The van der Waals surface area contributed by atoms with Gasteiger partial charge in [0.2, 0.25) is 0 Å². The third-order valence-electron chi connectivity index (χ3n) is 3.54. The molecular weight excluding hydrogens is 198 g/mol. The molecule has 0 amide bonds. The van der Waals surface area contributed by atoms with E-state index < -0.39 is 0 Å². The average Bonchev–Trinajstić information content (AvgIpc) is 2.29. The smallest absolute Gasteiger partial charge is 0.0107 e. The first-order valence-corrected chi connectivity index (χ1v) is 6.93. The summed E-state index contributed by atoms with van der Waals surface area (Å²) in [6.07, 6.45) is 6.29. The molecular formula is C13H29N3. The van der Waals surface area contributed by atoms with E-state index in [4.69, 9.17) is 5.73 Å². The number of unbranched alkanes of at least 4 members (excludes halogenated alkanes) is 1. The fourth-order valence-electron chi connectivity index (χ4n) is 2.26. The van der Waals surface area contributed by atoms with E-state index in [2.05, 4.69) is 24.1 Å². The molecule has 1 unspecified atom stereocenters. The SMILES string of the molecule is CCCCC(C)NCCN1CCC(N)CC1. The molecule has 0 aromatic carbocycles. The topological polar surface area (TPSA) is 41.3 Å². The van der Waals surface area contributed by atoms with Gasteiger partial charge in [-0.1, -0.05) is 19.8 Å². The van der Waals surface area contributed by atoms with Gasteiger partial charge in [0.05, 0.1) is 0 Å². The second-order valence-corrected chi connectivity index (χ2v) is 5.18. The van der Waals surface area contributed by atoms with Crippen molar-refractivity contribution in [3.05, 3.63) is 0 Å². The van der Waals surface area contributed by atoms with Gasteiger partial charge in [-0.15, -0.1) is 0 Å². The molecule has 96 valence electrons. The largest absolute Gasteiger partial charge is 0.328 e. The Morgan fingerprint density at radius 1 is 1.38 bits per heavy atom. The summed E-state index contributed by atoms with van der Waals surface area (Å²) in [4.78, 5) is 2.53. The highest BCUT2D eigenvalue weighted by Gasteiger charge is 2.15. The Hall–Kier alpha value is -0.120. The Bertz CT molecular complexity index is 165. The zero-order valence-corrected chi connectivity index (χ0v) is 11.0. The van der Waals surface area contributed by atoms with Gasteiger partial charge in [-0.2, -0.15) is 0 Å². The first kappa shape index (κ1) is 13.9. The quantitative estimate of drug-likeness (QED) is 0.694. The highest BCUT2D eigenvalue weighted by atomic mass is 15.1. The Balaban J connectivity index is 1.98. The van der Waals surface area contributed by atoms with Gasteiger partial charge in [0.15, 0.2) is 0 Å². The van der Waals surface area contributed by atoms with E-state index in [9.17, 15) is 0 Å². The van der Waals surface area contributed by atoms with E-state index in [-0.39, 0.29) is 0 Å². The zero-order chi connectivity index (χ0) is 11.8. The summed E-state index contributed by atoms with van der Waals surface area (Å²) >= 11 is 0. The van der Waals surface area contributed by atoms with Gasteiger partial charge >= 0.3 is 0 Å². The van der Waals surface area contributed by atoms with Crippen molar-refractivity contribution < 1.29 is 0 Å². The van der Waals surface area contributed by atoms with Gasteiger partial charge in [-0.3, -0.25) is 0 Å². The van der Waals surface area contributed by atoms with Crippen LogP contribution in [0.3, 0.4) is 0 Å². The standard InChI is InChI=1S/C13H29N3/c1-3-4-5-12(2)15-8-11-16-9-6-13(14)7-10-16/h12-13,15H,3-11,14H2,1-2H3. The van der Waals surface area contributed by atoms with E-state index in [0.717, 1.165) is 6.54 Å². The van der Waals surface area contributed by atoms with Crippen molar-refractivity contribution in [1.29, 1.82) is 0 Å². The van der Waals surface area contributed by atoms with Crippen LogP contribution >= 0.6 is 0 Å². The summed E-state index contributed by atoms with van der Waals surface area (Å²) in [6, 6.07) is 1.12. The lowest BCUT2D eigenvalue weighted by molar-refractivity contribution is 0.211. The summed E-state index contributed by atoms with van der Waals surface area (Å²) in [5, 5.41) is 3.60. The molecule has 0 aliphatic carbocycles. The molecule has 0 aromatic heterocycles. The summed E-state index contributed by atoms with van der Waals surface area (Å²) < 4.78 is 0. The Labute approximate surface area is 101 Å². The third-order valence-corrected chi connectivity index (χ3v) is 3.54. The Morgan fingerprint density at radius 2 is 2.06 bits per heavy atom. The molecule has 1 heterocycles. The summed E-state index contributed by atoms with van der Waals surface area (Å²) in [7, 11) is 0. The Kier molecular flexibility index (Phi) is 7.01. The monoisotopic (exact) mass is 227 g/mol. The predicted octanol–water partition coefficient (Wildman–Crippen LogP) is 1.58. The minimum absolute atomic E-state index is 0.452. The predicted molar refractivity (Wildman–Crippen MR) is 70.6 cm³/mol. The maximum Gasteiger partial charge on any atom is 0.0107 e. The molecule has 0 aromatic rings. The van der Waals surface area contributed by atoms with Crippen LogP contribution in [0.4, 0.5) is 0 Å². The van der Waals surface area contributed by atoms with Crippen LogP contribution in [-0.2, 0) is 0 Å². The second-order valence-electron chi connectivity index (χ2n) is 5.18. The number of hydrogen-bond donors (Lipinski definition) is 2. The van der Waals surface area contributed by atoms with E-state index in [0.29, 0.717) is 12.1 Å². The number of nitrogens with zero attached hydrogens (tertiary/aromatic N) is 1. The highest BCUT2D eigenvalue weighted by molar-refractivity contribution is 4.74. The number of likely N-dealkylation sites (tertiary alicyclic amines) is 1. The fourth-order valence-corrected chi connectivity index (χ4v) is 2.26. The number of rotatable bonds is 7. The first-order chi connectivity index (χ1) is 7.72. The number of hydrogen-bond acceptors (Lipinski definition) is 3. The molecule has 3 heteroatoms. The molecule has 0 spiro atoms.